The van der Waals surface area contributed by atoms with Crippen molar-refractivity contribution in [3.63, 3.8) is 0 Å². The summed E-state index contributed by atoms with van der Waals surface area (Å²) in [4.78, 5) is 4.54. The van der Waals surface area contributed by atoms with Crippen LogP contribution in [0.25, 0.3) is 0 Å². The molecule has 1 heteroatoms. The molecule has 0 aromatic rings. The zero-order valence-corrected chi connectivity index (χ0v) is 10.2. The van der Waals surface area contributed by atoms with E-state index >= 15 is 0 Å². The van der Waals surface area contributed by atoms with Crippen LogP contribution in [0.5, 0.6) is 0 Å². The molecule has 0 aliphatic carbocycles. The zero-order valence-electron chi connectivity index (χ0n) is 10.2. The number of aliphatic imine (C=N–C) groups is 1. The SMILES string of the molecule is C=C(/N=C(\C)C(C)(C)C)C(C)(C)C. The second-order valence-corrected chi connectivity index (χ2v) is 5.64. The molecule has 0 atom stereocenters. The third-order valence-electron chi connectivity index (χ3n) is 2.25. The van der Waals surface area contributed by atoms with Crippen molar-refractivity contribution in [2.45, 2.75) is 48.5 Å². The van der Waals surface area contributed by atoms with Crippen LogP contribution in [0.3, 0.4) is 0 Å². The Kier molecular flexibility index (Phi) is 3.48. The quantitative estimate of drug-likeness (QED) is 0.541. The molecule has 0 rings (SSSR count). The van der Waals surface area contributed by atoms with E-state index in [1.54, 1.807) is 0 Å². The minimum atomic E-state index is 0.0759. The van der Waals surface area contributed by atoms with Gasteiger partial charge in [0, 0.05) is 16.8 Å². The van der Waals surface area contributed by atoms with Crippen molar-refractivity contribution in [1.82, 2.24) is 0 Å². The maximum atomic E-state index is 4.54. The molecule has 0 fully saturated rings. The predicted octanol–water partition coefficient (Wildman–Crippen LogP) is 4.05. The van der Waals surface area contributed by atoms with Crippen molar-refractivity contribution < 1.29 is 0 Å². The summed E-state index contributed by atoms with van der Waals surface area (Å²) in [6.07, 6.45) is 0. The summed E-state index contributed by atoms with van der Waals surface area (Å²) in [5.41, 5.74) is 2.33. The number of nitrogens with zero attached hydrogens (tertiary/aromatic N) is 1. The molecule has 76 valence electrons. The third-order valence-corrected chi connectivity index (χ3v) is 2.25. The molecule has 0 radical (unpaired) electrons. The smallest absolute Gasteiger partial charge is 0.0384 e. The summed E-state index contributed by atoms with van der Waals surface area (Å²) >= 11 is 0. The van der Waals surface area contributed by atoms with Gasteiger partial charge in [0.2, 0.25) is 0 Å². The second kappa shape index (κ2) is 3.65. The van der Waals surface area contributed by atoms with Crippen LogP contribution in [0.1, 0.15) is 48.5 Å². The van der Waals surface area contributed by atoms with Crippen molar-refractivity contribution in [2.75, 3.05) is 0 Å². The molecule has 0 N–H and O–H groups in total. The predicted molar refractivity (Wildman–Crippen MR) is 61.2 cm³/mol. The Bertz CT molecular complexity index is 220. The van der Waals surface area contributed by atoms with Crippen molar-refractivity contribution in [2.24, 2.45) is 15.8 Å². The summed E-state index contributed by atoms with van der Waals surface area (Å²) in [5.74, 6) is 0. The van der Waals surface area contributed by atoms with Crippen molar-refractivity contribution in [3.8, 4) is 0 Å². The molecular weight excluding hydrogens is 158 g/mol. The van der Waals surface area contributed by atoms with E-state index in [1.807, 2.05) is 0 Å². The van der Waals surface area contributed by atoms with Crippen LogP contribution in [0, 0.1) is 10.8 Å². The molecule has 0 aliphatic rings. The topological polar surface area (TPSA) is 12.4 Å². The molecule has 1 nitrogen and oxygen atoms in total. The maximum Gasteiger partial charge on any atom is 0.0384 e. The third kappa shape index (κ3) is 4.25. The van der Waals surface area contributed by atoms with Gasteiger partial charge in [0.25, 0.3) is 0 Å². The fourth-order valence-electron chi connectivity index (χ4n) is 0.538. The first-order valence-electron chi connectivity index (χ1n) is 4.80. The van der Waals surface area contributed by atoms with Gasteiger partial charge in [-0.15, -0.1) is 0 Å². The summed E-state index contributed by atoms with van der Waals surface area (Å²) < 4.78 is 0. The highest BCUT2D eigenvalue weighted by atomic mass is 14.8. The van der Waals surface area contributed by atoms with E-state index in [9.17, 15) is 0 Å². The fraction of sp³-hybridized carbons (Fsp3) is 0.750. The Hall–Kier alpha value is -0.590. The first-order valence-corrected chi connectivity index (χ1v) is 4.80. The lowest BCUT2D eigenvalue weighted by molar-refractivity contribution is 0.496. The molecule has 0 aliphatic heterocycles. The van der Waals surface area contributed by atoms with Gasteiger partial charge in [-0.1, -0.05) is 48.1 Å². The van der Waals surface area contributed by atoms with Gasteiger partial charge in [-0.3, -0.25) is 4.99 Å². The van der Waals surface area contributed by atoms with Crippen LogP contribution >= 0.6 is 0 Å². The highest BCUT2D eigenvalue weighted by molar-refractivity contribution is 5.87. The lowest BCUT2D eigenvalue weighted by Crippen LogP contribution is -2.18. The fourth-order valence-corrected chi connectivity index (χ4v) is 0.538. The van der Waals surface area contributed by atoms with Crippen LogP contribution in [0.4, 0.5) is 0 Å². The summed E-state index contributed by atoms with van der Waals surface area (Å²) in [5, 5.41) is 0. The van der Waals surface area contributed by atoms with Gasteiger partial charge in [-0.25, -0.2) is 0 Å². The van der Waals surface area contributed by atoms with Gasteiger partial charge >= 0.3 is 0 Å². The number of rotatable bonds is 1. The van der Waals surface area contributed by atoms with Gasteiger partial charge in [0.15, 0.2) is 0 Å². The lowest BCUT2D eigenvalue weighted by Gasteiger charge is -2.23. The summed E-state index contributed by atoms with van der Waals surface area (Å²) in [6, 6.07) is 0. The van der Waals surface area contributed by atoms with Crippen LogP contribution in [-0.4, -0.2) is 5.71 Å². The molecule has 0 saturated heterocycles. The second-order valence-electron chi connectivity index (χ2n) is 5.64. The standard InChI is InChI=1S/C12H23N/c1-9(11(3,4)5)13-10(2)12(6,7)8/h1H2,2-8H3/b13-10+. The average Bonchev–Trinajstić information content (AvgIpc) is 1.82. The Morgan fingerprint density at radius 3 is 1.54 bits per heavy atom. The molecular formula is C12H23N. The van der Waals surface area contributed by atoms with Crippen LogP contribution in [-0.2, 0) is 0 Å². The Morgan fingerprint density at radius 2 is 1.31 bits per heavy atom. The normalized spacial score (nSPS) is 14.5. The van der Waals surface area contributed by atoms with Gasteiger partial charge in [0.05, 0.1) is 0 Å². The molecule has 0 bridgehead atoms. The van der Waals surface area contributed by atoms with E-state index in [4.69, 9.17) is 0 Å². The Morgan fingerprint density at radius 1 is 0.923 bits per heavy atom. The first kappa shape index (κ1) is 12.4. The van der Waals surface area contributed by atoms with Gasteiger partial charge < -0.3 is 0 Å². The van der Waals surface area contributed by atoms with Crippen molar-refractivity contribution in [3.05, 3.63) is 12.3 Å². The largest absolute Gasteiger partial charge is 0.262 e. The number of allylic oxidation sites excluding steroid dienone is 1. The highest BCUT2D eigenvalue weighted by Crippen LogP contribution is 2.26. The summed E-state index contributed by atoms with van der Waals surface area (Å²) in [6.45, 7) is 19.0. The Balaban J connectivity index is 4.70. The maximum absolute atomic E-state index is 4.54. The zero-order chi connectivity index (χ0) is 10.9. The molecule has 0 aromatic carbocycles. The molecule has 13 heavy (non-hydrogen) atoms. The number of hydrogen-bond donors (Lipinski definition) is 0. The van der Waals surface area contributed by atoms with E-state index < -0.39 is 0 Å². The molecule has 0 spiro atoms. The minimum absolute atomic E-state index is 0.0759. The average molecular weight is 181 g/mol. The van der Waals surface area contributed by atoms with E-state index in [-0.39, 0.29) is 10.8 Å². The summed E-state index contributed by atoms with van der Waals surface area (Å²) in [7, 11) is 0. The van der Waals surface area contributed by atoms with Crippen molar-refractivity contribution >= 4 is 5.71 Å². The van der Waals surface area contributed by atoms with Crippen LogP contribution in [0.2, 0.25) is 0 Å². The van der Waals surface area contributed by atoms with E-state index in [0.29, 0.717) is 0 Å². The van der Waals surface area contributed by atoms with Gasteiger partial charge in [0.1, 0.15) is 0 Å². The first-order chi connectivity index (χ1) is 5.55. The molecule has 0 saturated carbocycles. The molecule has 0 unspecified atom stereocenters. The van der Waals surface area contributed by atoms with E-state index in [0.717, 1.165) is 11.4 Å². The lowest BCUT2D eigenvalue weighted by atomic mass is 9.89. The number of hydrogen-bond acceptors (Lipinski definition) is 1. The monoisotopic (exact) mass is 181 g/mol. The van der Waals surface area contributed by atoms with Crippen molar-refractivity contribution in [1.29, 1.82) is 0 Å². The van der Waals surface area contributed by atoms with Crippen LogP contribution < -0.4 is 0 Å². The van der Waals surface area contributed by atoms with E-state index in [2.05, 4.69) is 60.0 Å². The molecule has 0 aromatic heterocycles. The highest BCUT2D eigenvalue weighted by Gasteiger charge is 2.18. The van der Waals surface area contributed by atoms with Gasteiger partial charge in [-0.2, -0.15) is 0 Å². The van der Waals surface area contributed by atoms with Crippen LogP contribution in [0.15, 0.2) is 17.3 Å². The molecule has 0 amide bonds. The molecule has 0 heterocycles. The van der Waals surface area contributed by atoms with Gasteiger partial charge in [-0.05, 0) is 12.3 Å². The Labute approximate surface area is 83.0 Å². The van der Waals surface area contributed by atoms with E-state index in [1.165, 1.54) is 0 Å². The minimum Gasteiger partial charge on any atom is -0.262 e.